The second-order valence-corrected chi connectivity index (χ2v) is 11.9. The largest absolute Gasteiger partial charge is 0.462 e. The molecule has 0 aromatic carbocycles. The van der Waals surface area contributed by atoms with Crippen LogP contribution in [0.5, 0.6) is 0 Å². The second kappa shape index (κ2) is 7.92. The van der Waals surface area contributed by atoms with Crippen LogP contribution in [0.3, 0.4) is 0 Å². The highest BCUT2D eigenvalue weighted by atomic mass is 16.5. The first-order valence-electron chi connectivity index (χ1n) is 13.0. The molecule has 4 fully saturated rings. The number of ether oxygens (including phenoxy) is 1. The summed E-state index contributed by atoms with van der Waals surface area (Å²) in [6.07, 6.45) is 14.5. The van der Waals surface area contributed by atoms with E-state index in [1.165, 1.54) is 56.9 Å². The van der Waals surface area contributed by atoms with Crippen molar-refractivity contribution in [2.75, 3.05) is 13.1 Å². The van der Waals surface area contributed by atoms with Crippen molar-refractivity contribution >= 4 is 12.3 Å². The third-order valence-electron chi connectivity index (χ3n) is 10.5. The number of rotatable bonds is 3. The Bertz CT molecular complexity index is 768. The van der Waals surface area contributed by atoms with Gasteiger partial charge in [-0.2, -0.15) is 0 Å². The topological polar surface area (TPSA) is 46.6 Å². The fourth-order valence-corrected chi connectivity index (χ4v) is 8.97. The van der Waals surface area contributed by atoms with Crippen LogP contribution in [-0.2, 0) is 14.3 Å². The lowest BCUT2D eigenvalue weighted by molar-refractivity contribution is -0.160. The van der Waals surface area contributed by atoms with Crippen LogP contribution in [0.2, 0.25) is 0 Å². The maximum absolute atomic E-state index is 12.2. The number of fused-ring (bicyclic) bond motifs is 5. The molecule has 0 aromatic heterocycles. The predicted octanol–water partition coefficient (Wildman–Crippen LogP) is 5.51. The Balaban J connectivity index is 1.40. The van der Waals surface area contributed by atoms with Crippen LogP contribution in [0.4, 0.5) is 0 Å². The van der Waals surface area contributed by atoms with E-state index in [2.05, 4.69) is 18.7 Å². The molecule has 0 bridgehead atoms. The molecule has 4 heteroatoms. The van der Waals surface area contributed by atoms with E-state index in [1.807, 2.05) is 0 Å². The molecule has 0 unspecified atom stereocenters. The van der Waals surface area contributed by atoms with Crippen LogP contribution >= 0.6 is 0 Å². The zero-order valence-corrected chi connectivity index (χ0v) is 19.8. The van der Waals surface area contributed by atoms with Gasteiger partial charge >= 0.3 is 5.97 Å². The zero-order chi connectivity index (χ0) is 21.8. The molecule has 1 aliphatic heterocycles. The maximum Gasteiger partial charge on any atom is 0.302 e. The number of carbonyl (C=O) groups is 2. The summed E-state index contributed by atoms with van der Waals surface area (Å²) in [5.41, 5.74) is 2.90. The number of likely N-dealkylation sites (tertiary alicyclic amines) is 1. The van der Waals surface area contributed by atoms with Crippen LogP contribution in [0.15, 0.2) is 11.3 Å². The van der Waals surface area contributed by atoms with Crippen molar-refractivity contribution in [3.63, 3.8) is 0 Å². The molecule has 0 amide bonds. The molecule has 3 saturated carbocycles. The molecule has 4 aliphatic carbocycles. The maximum atomic E-state index is 12.2. The van der Waals surface area contributed by atoms with Gasteiger partial charge in [-0.25, -0.2) is 0 Å². The Morgan fingerprint density at radius 3 is 2.45 bits per heavy atom. The number of nitrogens with zero attached hydrogens (tertiary/aromatic N) is 1. The molecule has 0 N–H and O–H groups in total. The summed E-state index contributed by atoms with van der Waals surface area (Å²) in [5.74, 6) is 2.69. The van der Waals surface area contributed by atoms with E-state index < -0.39 is 0 Å². The fraction of sp³-hybridized carbons (Fsp3) is 0.852. The first-order chi connectivity index (χ1) is 14.9. The van der Waals surface area contributed by atoms with Gasteiger partial charge in [0, 0.05) is 36.7 Å². The molecule has 5 aliphatic rings. The third kappa shape index (κ3) is 3.38. The van der Waals surface area contributed by atoms with E-state index in [1.54, 1.807) is 6.92 Å². The van der Waals surface area contributed by atoms with Gasteiger partial charge < -0.3 is 9.64 Å². The highest BCUT2D eigenvalue weighted by molar-refractivity contribution is 5.75. The normalized spacial score (nSPS) is 44.9. The summed E-state index contributed by atoms with van der Waals surface area (Å²) in [4.78, 5) is 26.5. The molecule has 5 rings (SSSR count). The molecule has 1 saturated heterocycles. The number of aldehydes is 1. The van der Waals surface area contributed by atoms with Crippen molar-refractivity contribution in [3.8, 4) is 0 Å². The molecule has 0 radical (unpaired) electrons. The standard InChI is InChI=1S/C27H41NO3/c1-18(30)31-25-10-9-22-21-8-7-20-15-24(28-13-5-4-6-14-28)19(17-29)16-27(20,3)23(21)11-12-26(22,25)2/h17,20-23,25H,4-16H2,1-3H3/t20-,21-,22-,23-,25-,26-,27-/m0/s1. The van der Waals surface area contributed by atoms with Crippen LogP contribution in [0.25, 0.3) is 0 Å². The van der Waals surface area contributed by atoms with Crippen molar-refractivity contribution in [3.05, 3.63) is 11.3 Å². The lowest BCUT2D eigenvalue weighted by Crippen LogP contribution is -2.54. The number of esters is 1. The van der Waals surface area contributed by atoms with Crippen molar-refractivity contribution in [1.29, 1.82) is 0 Å². The summed E-state index contributed by atoms with van der Waals surface area (Å²) in [6.45, 7) is 8.76. The summed E-state index contributed by atoms with van der Waals surface area (Å²) >= 11 is 0. The third-order valence-corrected chi connectivity index (χ3v) is 10.5. The zero-order valence-electron chi connectivity index (χ0n) is 19.8. The smallest absolute Gasteiger partial charge is 0.302 e. The van der Waals surface area contributed by atoms with Gasteiger partial charge in [0.25, 0.3) is 0 Å². The lowest BCUT2D eigenvalue weighted by atomic mass is 9.45. The molecule has 7 atom stereocenters. The molecule has 172 valence electrons. The Kier molecular flexibility index (Phi) is 5.50. The Morgan fingerprint density at radius 2 is 1.74 bits per heavy atom. The number of allylic oxidation sites excluding steroid dienone is 2. The van der Waals surface area contributed by atoms with Gasteiger partial charge in [-0.1, -0.05) is 13.8 Å². The van der Waals surface area contributed by atoms with Gasteiger partial charge in [-0.3, -0.25) is 9.59 Å². The SMILES string of the molecule is CC(=O)O[C@H]1CC[C@H]2[C@@H]3CC[C@H]4CC(N5CCCCC5)=C(C=O)C[C@]4(C)[C@H]3CC[C@]12C. The number of carbonyl (C=O) groups excluding carboxylic acids is 2. The van der Waals surface area contributed by atoms with E-state index in [0.29, 0.717) is 17.8 Å². The molecular weight excluding hydrogens is 386 g/mol. The minimum absolute atomic E-state index is 0.101. The second-order valence-electron chi connectivity index (χ2n) is 11.9. The molecular formula is C27H41NO3. The van der Waals surface area contributed by atoms with E-state index in [-0.39, 0.29) is 22.9 Å². The van der Waals surface area contributed by atoms with E-state index in [4.69, 9.17) is 4.74 Å². The Labute approximate surface area is 188 Å². The van der Waals surface area contributed by atoms with Gasteiger partial charge in [0.05, 0.1) is 0 Å². The van der Waals surface area contributed by atoms with Crippen molar-refractivity contribution in [2.45, 2.75) is 97.5 Å². The van der Waals surface area contributed by atoms with E-state index in [0.717, 1.165) is 50.3 Å². The summed E-state index contributed by atoms with van der Waals surface area (Å²) < 4.78 is 5.81. The average Bonchev–Trinajstić information content (AvgIpc) is 3.09. The average molecular weight is 428 g/mol. The lowest BCUT2D eigenvalue weighted by Gasteiger charge is -2.60. The van der Waals surface area contributed by atoms with Gasteiger partial charge in [-0.15, -0.1) is 0 Å². The van der Waals surface area contributed by atoms with E-state index >= 15 is 0 Å². The van der Waals surface area contributed by atoms with Gasteiger partial charge in [0.2, 0.25) is 0 Å². The molecule has 31 heavy (non-hydrogen) atoms. The minimum atomic E-state index is -0.122. The van der Waals surface area contributed by atoms with Crippen LogP contribution < -0.4 is 0 Å². The minimum Gasteiger partial charge on any atom is -0.462 e. The first-order valence-corrected chi connectivity index (χ1v) is 13.0. The van der Waals surface area contributed by atoms with Gasteiger partial charge in [0.15, 0.2) is 0 Å². The van der Waals surface area contributed by atoms with Crippen LogP contribution in [0, 0.1) is 34.5 Å². The highest BCUT2D eigenvalue weighted by Gasteiger charge is 2.61. The van der Waals surface area contributed by atoms with Crippen molar-refractivity contribution in [2.24, 2.45) is 34.5 Å². The quantitative estimate of drug-likeness (QED) is 0.440. The van der Waals surface area contributed by atoms with Gasteiger partial charge in [0.1, 0.15) is 12.4 Å². The van der Waals surface area contributed by atoms with Gasteiger partial charge in [-0.05, 0) is 99.7 Å². The molecule has 0 spiro atoms. The van der Waals surface area contributed by atoms with Crippen molar-refractivity contribution < 1.29 is 14.3 Å². The first kappa shape index (κ1) is 21.5. The highest BCUT2D eigenvalue weighted by Crippen LogP contribution is 2.67. The monoisotopic (exact) mass is 427 g/mol. The van der Waals surface area contributed by atoms with Crippen molar-refractivity contribution in [1.82, 2.24) is 4.90 Å². The Hall–Kier alpha value is -1.32. The molecule has 0 aromatic rings. The molecule has 1 heterocycles. The molecule has 4 nitrogen and oxygen atoms in total. The fourth-order valence-electron chi connectivity index (χ4n) is 8.97. The summed E-state index contributed by atoms with van der Waals surface area (Å²) in [6, 6.07) is 0. The number of hydrogen-bond donors (Lipinski definition) is 0. The predicted molar refractivity (Wildman–Crippen MR) is 121 cm³/mol. The van der Waals surface area contributed by atoms with Crippen LogP contribution in [-0.4, -0.2) is 36.3 Å². The van der Waals surface area contributed by atoms with E-state index in [9.17, 15) is 9.59 Å². The summed E-state index contributed by atoms with van der Waals surface area (Å²) in [7, 11) is 0. The number of piperidine rings is 1. The van der Waals surface area contributed by atoms with Crippen LogP contribution in [0.1, 0.15) is 91.4 Å². The Morgan fingerprint density at radius 1 is 1.00 bits per heavy atom. The summed E-state index contributed by atoms with van der Waals surface area (Å²) in [5, 5.41) is 0. The number of hydrogen-bond acceptors (Lipinski definition) is 4.